The highest BCUT2D eigenvalue weighted by molar-refractivity contribution is 7.60. The highest BCUT2D eigenvalue weighted by Gasteiger charge is 2.45. The summed E-state index contributed by atoms with van der Waals surface area (Å²) in [6.45, 7) is 8.33. The molecule has 0 saturated carbocycles. The molecule has 2 aromatic carbocycles. The minimum absolute atomic E-state index is 0.0556. The summed E-state index contributed by atoms with van der Waals surface area (Å²) in [5.74, 6) is -2.45. The molecule has 3 saturated heterocycles. The highest BCUT2D eigenvalue weighted by atomic mass is 31.2. The molecule has 72 heavy (non-hydrogen) atoms. The topological polar surface area (TPSA) is 215 Å². The molecular formula is C56H90N7O8P. The van der Waals surface area contributed by atoms with Crippen LogP contribution in [-0.2, 0) is 41.5 Å². The Hall–Kier alpha value is -3.98. The lowest BCUT2D eigenvalue weighted by Gasteiger charge is -2.36. The van der Waals surface area contributed by atoms with Gasteiger partial charge in [-0.3, -0.25) is 28.5 Å². The van der Waals surface area contributed by atoms with Crippen LogP contribution in [0.5, 0.6) is 0 Å². The maximum atomic E-state index is 14.6. The zero-order valence-corrected chi connectivity index (χ0v) is 44.5. The van der Waals surface area contributed by atoms with Gasteiger partial charge in [0, 0.05) is 64.1 Å². The third-order valence-electron chi connectivity index (χ3n) is 15.2. The van der Waals surface area contributed by atoms with E-state index in [2.05, 4.69) is 32.7 Å². The predicted molar refractivity (Wildman–Crippen MR) is 285 cm³/mol. The van der Waals surface area contributed by atoms with Gasteiger partial charge in [0.1, 0.15) is 23.9 Å². The van der Waals surface area contributed by atoms with E-state index in [4.69, 9.17) is 5.73 Å². The Kier molecular flexibility index (Phi) is 26.5. The number of carbonyl (C=O) groups excluding carboxylic acids is 5. The molecule has 0 aromatic heterocycles. The number of rotatable bonds is 33. The van der Waals surface area contributed by atoms with Crippen LogP contribution in [0.2, 0.25) is 0 Å². The Balaban J connectivity index is 1.11. The van der Waals surface area contributed by atoms with Crippen LogP contribution in [-0.4, -0.2) is 124 Å². The molecule has 4 amide bonds. The molecule has 3 aliphatic heterocycles. The number of piperazine rings is 1. The third-order valence-corrected chi connectivity index (χ3v) is 16.2. The Bertz CT molecular complexity index is 1980. The van der Waals surface area contributed by atoms with Crippen molar-refractivity contribution in [3.05, 3.63) is 65.7 Å². The molecule has 5 rings (SSSR count). The number of Topliss-reactive ketones (excluding diaryl/α,β-unsaturated/α-hetero) is 1. The summed E-state index contributed by atoms with van der Waals surface area (Å²) in [4.78, 5) is 96.1. The van der Waals surface area contributed by atoms with E-state index in [1.165, 1.54) is 102 Å². The van der Waals surface area contributed by atoms with Gasteiger partial charge in [-0.1, -0.05) is 146 Å². The number of hydrogen-bond donors (Lipinski definition) is 6. The maximum absolute atomic E-state index is 14.6. The van der Waals surface area contributed by atoms with E-state index in [1.54, 1.807) is 17.0 Å². The van der Waals surface area contributed by atoms with Gasteiger partial charge in [-0.15, -0.1) is 0 Å². The van der Waals surface area contributed by atoms with Crippen LogP contribution in [0.25, 0.3) is 0 Å². The van der Waals surface area contributed by atoms with Crippen molar-refractivity contribution in [1.29, 1.82) is 0 Å². The second-order valence-corrected chi connectivity index (χ2v) is 22.5. The zero-order chi connectivity index (χ0) is 51.6. The molecule has 16 heteroatoms. The first-order chi connectivity index (χ1) is 34.9. The lowest BCUT2D eigenvalue weighted by atomic mass is 9.91. The molecule has 2 aromatic rings. The van der Waals surface area contributed by atoms with Gasteiger partial charge in [0.25, 0.3) is 0 Å². The molecule has 0 aliphatic carbocycles. The summed E-state index contributed by atoms with van der Waals surface area (Å²) in [6, 6.07) is 12.5. The van der Waals surface area contributed by atoms with Gasteiger partial charge < -0.3 is 46.2 Å². The van der Waals surface area contributed by atoms with Gasteiger partial charge in [-0.05, 0) is 87.7 Å². The third kappa shape index (κ3) is 20.7. The highest BCUT2D eigenvalue weighted by Crippen LogP contribution is 2.34. The number of fused-ring (bicyclic) bond motifs is 1. The molecule has 0 bridgehead atoms. The van der Waals surface area contributed by atoms with Crippen molar-refractivity contribution in [3.63, 3.8) is 0 Å². The van der Waals surface area contributed by atoms with Crippen LogP contribution < -0.4 is 27.0 Å². The molecule has 7 N–H and O–H groups in total. The Morgan fingerprint density at radius 1 is 0.708 bits per heavy atom. The van der Waals surface area contributed by atoms with Gasteiger partial charge in [0.15, 0.2) is 0 Å². The molecule has 402 valence electrons. The summed E-state index contributed by atoms with van der Waals surface area (Å²) in [7, 11) is -4.49. The van der Waals surface area contributed by atoms with Crippen molar-refractivity contribution in [2.45, 2.75) is 198 Å². The number of amides is 4. The Labute approximate surface area is 431 Å². The fourth-order valence-corrected chi connectivity index (χ4v) is 11.3. The first kappa shape index (κ1) is 58.9. The molecule has 3 aliphatic rings. The van der Waals surface area contributed by atoms with Gasteiger partial charge in [0.2, 0.25) is 23.6 Å². The summed E-state index contributed by atoms with van der Waals surface area (Å²) in [5, 5.41) is 8.74. The second kappa shape index (κ2) is 32.4. The number of hydrogen-bond acceptors (Lipinski definition) is 9. The molecule has 3 fully saturated rings. The molecule has 5 atom stereocenters. The van der Waals surface area contributed by atoms with E-state index >= 15 is 0 Å². The quantitative estimate of drug-likeness (QED) is 0.0315. The van der Waals surface area contributed by atoms with Crippen LogP contribution in [0.1, 0.15) is 172 Å². The van der Waals surface area contributed by atoms with E-state index in [1.807, 2.05) is 30.3 Å². The van der Waals surface area contributed by atoms with E-state index in [0.29, 0.717) is 63.7 Å². The van der Waals surface area contributed by atoms with Crippen molar-refractivity contribution in [2.24, 2.45) is 11.7 Å². The Morgan fingerprint density at radius 2 is 1.31 bits per heavy atom. The van der Waals surface area contributed by atoms with Crippen molar-refractivity contribution in [1.82, 2.24) is 30.7 Å². The molecule has 15 nitrogen and oxygen atoms in total. The molecule has 3 heterocycles. The van der Waals surface area contributed by atoms with Crippen molar-refractivity contribution in [2.75, 3.05) is 45.8 Å². The molecule has 0 spiro atoms. The van der Waals surface area contributed by atoms with Crippen molar-refractivity contribution < 1.29 is 38.3 Å². The van der Waals surface area contributed by atoms with E-state index in [0.717, 1.165) is 51.1 Å². The normalized spacial score (nSPS) is 19.8. The number of nitrogens with one attached hydrogen (secondary N) is 3. The van der Waals surface area contributed by atoms with Crippen LogP contribution in [0.4, 0.5) is 0 Å². The van der Waals surface area contributed by atoms with Crippen LogP contribution in [0, 0.1) is 5.92 Å². The molecule has 1 unspecified atom stereocenters. The fourth-order valence-electron chi connectivity index (χ4n) is 10.8. The molecule has 0 radical (unpaired) electrons. The average molecular weight is 1020 g/mol. The van der Waals surface area contributed by atoms with E-state index in [-0.39, 0.29) is 48.2 Å². The zero-order valence-electron chi connectivity index (χ0n) is 43.6. The minimum Gasteiger partial charge on any atom is -0.350 e. The predicted octanol–water partition coefficient (Wildman–Crippen LogP) is 7.06. The smallest absolute Gasteiger partial charge is 0.350 e. The summed E-state index contributed by atoms with van der Waals surface area (Å²) < 4.78 is 11.9. The van der Waals surface area contributed by atoms with E-state index < -0.39 is 43.5 Å². The lowest BCUT2D eigenvalue weighted by Crippen LogP contribution is -2.58. The number of unbranched alkanes of at least 4 members (excludes halogenated alkanes) is 13. The Morgan fingerprint density at radius 3 is 1.92 bits per heavy atom. The maximum Gasteiger partial charge on any atom is 0.356 e. The number of ketones is 1. The van der Waals surface area contributed by atoms with Crippen LogP contribution in [0.3, 0.4) is 0 Å². The lowest BCUT2D eigenvalue weighted by molar-refractivity contribution is -0.145. The first-order valence-electron chi connectivity index (χ1n) is 27.9. The molecular weight excluding hydrogens is 930 g/mol. The van der Waals surface area contributed by atoms with Crippen molar-refractivity contribution in [3.8, 4) is 0 Å². The van der Waals surface area contributed by atoms with Crippen molar-refractivity contribution >= 4 is 42.3 Å². The van der Waals surface area contributed by atoms with Crippen LogP contribution in [0.15, 0.2) is 54.6 Å². The van der Waals surface area contributed by atoms with Crippen LogP contribution >= 0.6 is 7.60 Å². The minimum atomic E-state index is -4.49. The van der Waals surface area contributed by atoms with Gasteiger partial charge in [0.05, 0.1) is 5.30 Å². The fraction of sp³-hybridized carbons (Fsp3) is 0.696. The van der Waals surface area contributed by atoms with Gasteiger partial charge in [-0.25, -0.2) is 0 Å². The summed E-state index contributed by atoms with van der Waals surface area (Å²) in [5.41, 5.74) is 7.36. The summed E-state index contributed by atoms with van der Waals surface area (Å²) in [6.07, 6.45) is 23.7. The SMILES string of the molecule is CCCCCCCCCCCCCCCCN1CCN(CCC(=O)C[C@@H](Cc2ccc(P(=O)(O)O)cc2)C(=O)N[C@H]2CCCCC3CC[C@@H](C(=O)N[C@@H](CCCN)C(=O)NCc4ccccc4)N3C2=O)CC1. The largest absolute Gasteiger partial charge is 0.356 e. The number of nitrogens with zero attached hydrogens (tertiary/aromatic N) is 3. The van der Waals surface area contributed by atoms with Gasteiger partial charge in [-0.2, -0.15) is 0 Å². The number of benzene rings is 2. The average Bonchev–Trinajstić information content (AvgIpc) is 3.80. The number of carbonyl (C=O) groups is 5. The first-order valence-corrected chi connectivity index (χ1v) is 29.5. The van der Waals surface area contributed by atoms with E-state index in [9.17, 15) is 38.3 Å². The monoisotopic (exact) mass is 1020 g/mol. The van der Waals surface area contributed by atoms with Gasteiger partial charge >= 0.3 is 7.60 Å². The standard InChI is InChI=1S/C56H90N7O8P/c1-2-3-4-5-6-7-8-9-10-11-12-13-14-20-35-61-37-39-62(40-38-61)36-33-48(64)42-46(41-44-27-30-49(31-28-44)72(69,70)71)53(65)60-51-25-19-18-24-47-29-32-52(63(47)56(51)68)55(67)59-50(26-21-34-57)54(66)58-43-45-22-16-15-17-23-45/h15-17,22-23,27-28,30-31,46-47,50-52H,2-14,18-21,24-26,29,32-43,57H2,1H3,(H,58,66)(H,59,67)(H,60,65)(H2,69,70,71)/t46-,47?,50+,51+,52+/m1/s1. The second-order valence-electron chi connectivity index (χ2n) is 20.9. The summed E-state index contributed by atoms with van der Waals surface area (Å²) >= 11 is 0. The number of nitrogens with two attached hydrogens (primary N) is 1.